The lowest BCUT2D eigenvalue weighted by Crippen LogP contribution is -2.41. The topological polar surface area (TPSA) is 23.5 Å². The highest BCUT2D eigenvalue weighted by atomic mass is 16.3. The third-order valence-corrected chi connectivity index (χ3v) is 3.97. The molecule has 2 heterocycles. The standard InChI is InChI=1S/C12H23NO/c1-10(2)5-6-12(14)7-9-13-8-3-4-11(12)13/h10-11,14H,3-9H2,1-2H3. The van der Waals surface area contributed by atoms with Crippen molar-refractivity contribution in [1.29, 1.82) is 0 Å². The Morgan fingerprint density at radius 2 is 2.21 bits per heavy atom. The molecule has 2 fully saturated rings. The zero-order valence-corrected chi connectivity index (χ0v) is 9.50. The van der Waals surface area contributed by atoms with Crippen LogP contribution in [0.3, 0.4) is 0 Å². The normalized spacial score (nSPS) is 38.1. The van der Waals surface area contributed by atoms with Crippen molar-refractivity contribution in [2.45, 2.75) is 57.6 Å². The van der Waals surface area contributed by atoms with Gasteiger partial charge in [-0.05, 0) is 44.6 Å². The number of rotatable bonds is 3. The Labute approximate surface area is 87.3 Å². The van der Waals surface area contributed by atoms with Crippen molar-refractivity contribution in [3.63, 3.8) is 0 Å². The van der Waals surface area contributed by atoms with E-state index in [4.69, 9.17) is 0 Å². The Balaban J connectivity index is 1.94. The van der Waals surface area contributed by atoms with Crippen molar-refractivity contribution < 1.29 is 5.11 Å². The van der Waals surface area contributed by atoms with E-state index in [0.29, 0.717) is 6.04 Å². The van der Waals surface area contributed by atoms with Gasteiger partial charge in [-0.2, -0.15) is 0 Å². The van der Waals surface area contributed by atoms with Crippen LogP contribution in [-0.4, -0.2) is 34.7 Å². The van der Waals surface area contributed by atoms with E-state index in [0.717, 1.165) is 25.3 Å². The van der Waals surface area contributed by atoms with Crippen molar-refractivity contribution in [1.82, 2.24) is 4.90 Å². The van der Waals surface area contributed by atoms with Gasteiger partial charge in [0.05, 0.1) is 5.60 Å². The lowest BCUT2D eigenvalue weighted by molar-refractivity contribution is 0.00148. The molecule has 0 bridgehead atoms. The molecule has 0 aromatic heterocycles. The molecule has 2 heteroatoms. The SMILES string of the molecule is CC(C)CCC1(O)CCN2CCCC21. The predicted molar refractivity (Wildman–Crippen MR) is 58.2 cm³/mol. The first-order chi connectivity index (χ1) is 6.62. The Bertz CT molecular complexity index is 204. The van der Waals surface area contributed by atoms with Crippen LogP contribution >= 0.6 is 0 Å². The van der Waals surface area contributed by atoms with Crippen LogP contribution in [0.1, 0.15) is 46.0 Å². The van der Waals surface area contributed by atoms with E-state index < -0.39 is 0 Å². The van der Waals surface area contributed by atoms with Crippen LogP contribution in [0.25, 0.3) is 0 Å². The molecule has 0 saturated carbocycles. The highest BCUT2D eigenvalue weighted by Gasteiger charge is 2.47. The first-order valence-corrected chi connectivity index (χ1v) is 6.08. The average Bonchev–Trinajstić information content (AvgIpc) is 2.68. The van der Waals surface area contributed by atoms with Crippen LogP contribution in [0.2, 0.25) is 0 Å². The monoisotopic (exact) mass is 197 g/mol. The molecule has 2 saturated heterocycles. The molecular formula is C12H23NO. The van der Waals surface area contributed by atoms with Crippen molar-refractivity contribution in [2.75, 3.05) is 13.1 Å². The molecular weight excluding hydrogens is 174 g/mol. The number of hydrogen-bond acceptors (Lipinski definition) is 2. The number of hydrogen-bond donors (Lipinski definition) is 1. The van der Waals surface area contributed by atoms with E-state index >= 15 is 0 Å². The second-order valence-corrected chi connectivity index (χ2v) is 5.48. The van der Waals surface area contributed by atoms with Crippen molar-refractivity contribution >= 4 is 0 Å². The molecule has 14 heavy (non-hydrogen) atoms. The highest BCUT2D eigenvalue weighted by Crippen LogP contribution is 2.39. The van der Waals surface area contributed by atoms with Crippen LogP contribution < -0.4 is 0 Å². The van der Waals surface area contributed by atoms with E-state index in [1.807, 2.05) is 0 Å². The van der Waals surface area contributed by atoms with Gasteiger partial charge < -0.3 is 5.11 Å². The molecule has 2 aliphatic rings. The van der Waals surface area contributed by atoms with E-state index in [2.05, 4.69) is 18.7 Å². The fraction of sp³-hybridized carbons (Fsp3) is 1.00. The second kappa shape index (κ2) is 3.82. The highest BCUT2D eigenvalue weighted by molar-refractivity contribution is 5.02. The molecule has 2 nitrogen and oxygen atoms in total. The summed E-state index contributed by atoms with van der Waals surface area (Å²) in [4.78, 5) is 2.49. The minimum atomic E-state index is -0.346. The van der Waals surface area contributed by atoms with Gasteiger partial charge in [-0.15, -0.1) is 0 Å². The molecule has 2 unspecified atom stereocenters. The molecule has 2 atom stereocenters. The van der Waals surface area contributed by atoms with Gasteiger partial charge in [0.25, 0.3) is 0 Å². The fourth-order valence-electron chi connectivity index (χ4n) is 3.04. The summed E-state index contributed by atoms with van der Waals surface area (Å²) in [7, 11) is 0. The second-order valence-electron chi connectivity index (χ2n) is 5.48. The molecule has 0 spiro atoms. The molecule has 82 valence electrons. The summed E-state index contributed by atoms with van der Waals surface area (Å²) in [6.45, 7) is 6.82. The average molecular weight is 197 g/mol. The van der Waals surface area contributed by atoms with Gasteiger partial charge in [0, 0.05) is 12.6 Å². The zero-order chi connectivity index (χ0) is 10.2. The minimum Gasteiger partial charge on any atom is -0.388 e. The maximum absolute atomic E-state index is 10.6. The van der Waals surface area contributed by atoms with Crippen LogP contribution in [0.4, 0.5) is 0 Å². The van der Waals surface area contributed by atoms with E-state index in [-0.39, 0.29) is 5.60 Å². The van der Waals surface area contributed by atoms with Crippen molar-refractivity contribution in [3.05, 3.63) is 0 Å². The quantitative estimate of drug-likeness (QED) is 0.748. The van der Waals surface area contributed by atoms with Gasteiger partial charge in [-0.25, -0.2) is 0 Å². The summed E-state index contributed by atoms with van der Waals surface area (Å²) >= 11 is 0. The molecule has 0 amide bonds. The maximum Gasteiger partial charge on any atom is 0.0814 e. The lowest BCUT2D eigenvalue weighted by Gasteiger charge is -2.30. The summed E-state index contributed by atoms with van der Waals surface area (Å²) in [6, 6.07) is 0.487. The maximum atomic E-state index is 10.6. The van der Waals surface area contributed by atoms with Crippen LogP contribution in [0, 0.1) is 5.92 Å². The van der Waals surface area contributed by atoms with Gasteiger partial charge >= 0.3 is 0 Å². The first kappa shape index (κ1) is 10.4. The molecule has 0 radical (unpaired) electrons. The molecule has 2 rings (SSSR count). The summed E-state index contributed by atoms with van der Waals surface area (Å²) in [6.07, 6.45) is 5.68. The third-order valence-electron chi connectivity index (χ3n) is 3.97. The Kier molecular flexibility index (Phi) is 2.85. The molecule has 1 N–H and O–H groups in total. The van der Waals surface area contributed by atoms with E-state index in [1.165, 1.54) is 25.8 Å². The summed E-state index contributed by atoms with van der Waals surface area (Å²) in [5.74, 6) is 0.717. The van der Waals surface area contributed by atoms with Crippen molar-refractivity contribution in [2.24, 2.45) is 5.92 Å². The predicted octanol–water partition coefficient (Wildman–Crippen LogP) is 2.02. The summed E-state index contributed by atoms with van der Waals surface area (Å²) in [5, 5.41) is 10.6. The van der Waals surface area contributed by atoms with Crippen molar-refractivity contribution in [3.8, 4) is 0 Å². The Morgan fingerprint density at radius 1 is 1.43 bits per heavy atom. The fourth-order valence-corrected chi connectivity index (χ4v) is 3.04. The molecule has 0 aromatic rings. The Morgan fingerprint density at radius 3 is 2.93 bits per heavy atom. The van der Waals surface area contributed by atoms with E-state index in [1.54, 1.807) is 0 Å². The van der Waals surface area contributed by atoms with E-state index in [9.17, 15) is 5.11 Å². The molecule has 0 aromatic carbocycles. The number of nitrogens with zero attached hydrogens (tertiary/aromatic N) is 1. The zero-order valence-electron chi connectivity index (χ0n) is 9.50. The Hall–Kier alpha value is -0.0800. The van der Waals surface area contributed by atoms with Gasteiger partial charge in [-0.3, -0.25) is 4.90 Å². The lowest BCUT2D eigenvalue weighted by atomic mass is 9.86. The van der Waals surface area contributed by atoms with Gasteiger partial charge in [0.1, 0.15) is 0 Å². The molecule has 2 aliphatic heterocycles. The summed E-state index contributed by atoms with van der Waals surface area (Å²) < 4.78 is 0. The van der Waals surface area contributed by atoms with Gasteiger partial charge in [0.2, 0.25) is 0 Å². The minimum absolute atomic E-state index is 0.346. The number of aliphatic hydroxyl groups is 1. The summed E-state index contributed by atoms with van der Waals surface area (Å²) in [5.41, 5.74) is -0.346. The van der Waals surface area contributed by atoms with Crippen LogP contribution in [0.15, 0.2) is 0 Å². The van der Waals surface area contributed by atoms with Crippen LogP contribution in [-0.2, 0) is 0 Å². The third kappa shape index (κ3) is 1.82. The smallest absolute Gasteiger partial charge is 0.0814 e. The van der Waals surface area contributed by atoms with Gasteiger partial charge in [-0.1, -0.05) is 13.8 Å². The van der Waals surface area contributed by atoms with Crippen LogP contribution in [0.5, 0.6) is 0 Å². The largest absolute Gasteiger partial charge is 0.388 e. The number of fused-ring (bicyclic) bond motifs is 1. The molecule has 0 aliphatic carbocycles. The van der Waals surface area contributed by atoms with Gasteiger partial charge in [0.15, 0.2) is 0 Å². The first-order valence-electron chi connectivity index (χ1n) is 6.08.